The third-order valence-electron chi connectivity index (χ3n) is 4.50. The van der Waals surface area contributed by atoms with Crippen LogP contribution in [-0.2, 0) is 18.4 Å². The number of nitrogens with one attached hydrogen (secondary N) is 1. The first kappa shape index (κ1) is 21.6. The van der Waals surface area contributed by atoms with E-state index in [0.717, 1.165) is 11.1 Å². The second kappa shape index (κ2) is 9.62. The van der Waals surface area contributed by atoms with Crippen molar-refractivity contribution in [3.05, 3.63) is 53.8 Å². The van der Waals surface area contributed by atoms with E-state index >= 15 is 0 Å². The van der Waals surface area contributed by atoms with Crippen LogP contribution in [0.5, 0.6) is 11.5 Å². The van der Waals surface area contributed by atoms with Crippen LogP contribution in [0, 0.1) is 5.82 Å². The smallest absolute Gasteiger partial charge is 0.233 e. The number of aromatic nitrogens is 3. The molecule has 158 valence electrons. The molecule has 1 heterocycles. The summed E-state index contributed by atoms with van der Waals surface area (Å²) in [5.74, 6) is 1.42. The van der Waals surface area contributed by atoms with Crippen LogP contribution in [0.4, 0.5) is 4.39 Å². The highest BCUT2D eigenvalue weighted by molar-refractivity contribution is 8.00. The first-order chi connectivity index (χ1) is 14.4. The summed E-state index contributed by atoms with van der Waals surface area (Å²) < 4.78 is 25.4. The van der Waals surface area contributed by atoms with Crippen LogP contribution < -0.4 is 14.8 Å². The molecule has 0 saturated heterocycles. The van der Waals surface area contributed by atoms with E-state index in [1.54, 1.807) is 43.9 Å². The van der Waals surface area contributed by atoms with E-state index in [1.165, 1.54) is 23.9 Å². The average Bonchev–Trinajstić information content (AvgIpc) is 3.12. The highest BCUT2D eigenvalue weighted by atomic mass is 32.2. The van der Waals surface area contributed by atoms with Gasteiger partial charge in [0.05, 0.1) is 19.5 Å². The fraction of sp³-hybridized carbons (Fsp3) is 0.286. The van der Waals surface area contributed by atoms with Crippen LogP contribution in [-0.4, -0.2) is 40.1 Å². The van der Waals surface area contributed by atoms with E-state index in [4.69, 9.17) is 9.47 Å². The molecule has 0 radical (unpaired) electrons. The monoisotopic (exact) mass is 430 g/mol. The van der Waals surface area contributed by atoms with Gasteiger partial charge in [-0.2, -0.15) is 0 Å². The normalized spacial score (nSPS) is 11.8. The van der Waals surface area contributed by atoms with Crippen LogP contribution >= 0.6 is 11.8 Å². The summed E-state index contributed by atoms with van der Waals surface area (Å²) >= 11 is 1.30. The predicted molar refractivity (Wildman–Crippen MR) is 113 cm³/mol. The van der Waals surface area contributed by atoms with Crippen molar-refractivity contribution < 1.29 is 18.7 Å². The second-order valence-corrected chi connectivity index (χ2v) is 7.85. The molecule has 0 aliphatic carbocycles. The minimum atomic E-state index is -0.380. The maximum absolute atomic E-state index is 13.1. The van der Waals surface area contributed by atoms with Crippen molar-refractivity contribution in [1.29, 1.82) is 0 Å². The summed E-state index contributed by atoms with van der Waals surface area (Å²) in [4.78, 5) is 12.5. The van der Waals surface area contributed by atoms with Gasteiger partial charge in [-0.15, -0.1) is 10.2 Å². The highest BCUT2D eigenvalue weighted by Gasteiger charge is 2.19. The summed E-state index contributed by atoms with van der Waals surface area (Å²) in [6, 6.07) is 11.5. The summed E-state index contributed by atoms with van der Waals surface area (Å²) in [7, 11) is 4.96. The molecule has 9 heteroatoms. The molecule has 30 heavy (non-hydrogen) atoms. The van der Waals surface area contributed by atoms with Gasteiger partial charge in [-0.3, -0.25) is 4.79 Å². The Morgan fingerprint density at radius 2 is 1.83 bits per heavy atom. The molecule has 0 bridgehead atoms. The Hall–Kier alpha value is -3.07. The molecule has 0 spiro atoms. The fourth-order valence-corrected chi connectivity index (χ4v) is 3.64. The van der Waals surface area contributed by atoms with E-state index in [2.05, 4.69) is 15.5 Å². The van der Waals surface area contributed by atoms with Gasteiger partial charge in [-0.05, 0) is 48.9 Å². The molecule has 0 fully saturated rings. The molecule has 1 atom stereocenters. The zero-order chi connectivity index (χ0) is 21.7. The quantitative estimate of drug-likeness (QED) is 0.552. The van der Waals surface area contributed by atoms with Crippen molar-refractivity contribution in [3.8, 4) is 22.9 Å². The predicted octanol–water partition coefficient (Wildman–Crippen LogP) is 3.44. The molecule has 3 rings (SSSR count). The number of rotatable bonds is 8. The number of carbonyl (C=O) groups is 1. The molecular formula is C21H23FN4O3S. The fourth-order valence-electron chi connectivity index (χ4n) is 2.80. The van der Waals surface area contributed by atoms with E-state index in [-0.39, 0.29) is 17.0 Å². The van der Waals surface area contributed by atoms with Crippen LogP contribution in [0.3, 0.4) is 0 Å². The summed E-state index contributed by atoms with van der Waals surface area (Å²) in [5.41, 5.74) is 1.65. The van der Waals surface area contributed by atoms with Gasteiger partial charge in [0.25, 0.3) is 0 Å². The molecular weight excluding hydrogens is 407 g/mol. The lowest BCUT2D eigenvalue weighted by Crippen LogP contribution is -2.30. The second-order valence-electron chi connectivity index (χ2n) is 6.54. The lowest BCUT2D eigenvalue weighted by molar-refractivity contribution is -0.120. The van der Waals surface area contributed by atoms with Crippen molar-refractivity contribution in [2.75, 3.05) is 14.2 Å². The van der Waals surface area contributed by atoms with Gasteiger partial charge in [0.15, 0.2) is 22.5 Å². The third-order valence-corrected chi connectivity index (χ3v) is 5.64. The van der Waals surface area contributed by atoms with E-state index in [9.17, 15) is 9.18 Å². The van der Waals surface area contributed by atoms with E-state index in [1.807, 2.05) is 19.2 Å². The standard InChI is InChI=1S/C21H23FN4O3S/c1-13(20(27)23-12-14-5-10-17(28-3)18(11-14)29-4)30-21-25-24-19(26(21)2)15-6-8-16(22)9-7-15/h5-11,13H,12H2,1-4H3,(H,23,27). The van der Waals surface area contributed by atoms with Gasteiger partial charge < -0.3 is 19.4 Å². The molecule has 0 aliphatic heterocycles. The van der Waals surface area contributed by atoms with Crippen molar-refractivity contribution in [3.63, 3.8) is 0 Å². The summed E-state index contributed by atoms with van der Waals surface area (Å²) in [6.07, 6.45) is 0. The van der Waals surface area contributed by atoms with Crippen LogP contribution in [0.25, 0.3) is 11.4 Å². The molecule has 2 aromatic carbocycles. The van der Waals surface area contributed by atoms with Gasteiger partial charge in [0.1, 0.15) is 5.82 Å². The number of thioether (sulfide) groups is 1. The molecule has 3 aromatic rings. The highest BCUT2D eigenvalue weighted by Crippen LogP contribution is 2.28. The third kappa shape index (κ3) is 4.91. The maximum atomic E-state index is 13.1. The number of hydrogen-bond donors (Lipinski definition) is 1. The first-order valence-corrected chi connectivity index (χ1v) is 10.1. The van der Waals surface area contributed by atoms with Crippen molar-refractivity contribution >= 4 is 17.7 Å². The molecule has 1 amide bonds. The first-order valence-electron chi connectivity index (χ1n) is 9.23. The maximum Gasteiger partial charge on any atom is 0.233 e. The van der Waals surface area contributed by atoms with E-state index in [0.29, 0.717) is 29.0 Å². The number of halogens is 1. The Morgan fingerprint density at radius 1 is 1.13 bits per heavy atom. The van der Waals surface area contributed by atoms with Crippen LogP contribution in [0.15, 0.2) is 47.6 Å². The van der Waals surface area contributed by atoms with Crippen LogP contribution in [0.2, 0.25) is 0 Å². The Bertz CT molecular complexity index is 1020. The lowest BCUT2D eigenvalue weighted by atomic mass is 10.2. The Morgan fingerprint density at radius 3 is 2.50 bits per heavy atom. The number of methoxy groups -OCH3 is 2. The van der Waals surface area contributed by atoms with Gasteiger partial charge >= 0.3 is 0 Å². The van der Waals surface area contributed by atoms with E-state index < -0.39 is 0 Å². The van der Waals surface area contributed by atoms with Gasteiger partial charge in [-0.1, -0.05) is 17.8 Å². The molecule has 7 nitrogen and oxygen atoms in total. The van der Waals surface area contributed by atoms with Gasteiger partial charge in [0.2, 0.25) is 5.91 Å². The Labute approximate surface area is 178 Å². The van der Waals surface area contributed by atoms with Gasteiger partial charge in [0, 0.05) is 19.2 Å². The topological polar surface area (TPSA) is 78.3 Å². The molecule has 1 N–H and O–H groups in total. The Balaban J connectivity index is 1.61. The zero-order valence-corrected chi connectivity index (χ0v) is 18.0. The molecule has 0 aliphatic rings. The summed E-state index contributed by atoms with van der Waals surface area (Å²) in [5, 5.41) is 11.5. The number of amides is 1. The summed E-state index contributed by atoms with van der Waals surface area (Å²) in [6.45, 7) is 2.17. The number of ether oxygens (including phenoxy) is 2. The number of benzene rings is 2. The minimum Gasteiger partial charge on any atom is -0.493 e. The number of carbonyl (C=O) groups excluding carboxylic acids is 1. The van der Waals surface area contributed by atoms with Crippen LogP contribution in [0.1, 0.15) is 12.5 Å². The lowest BCUT2D eigenvalue weighted by Gasteiger charge is -2.13. The van der Waals surface area contributed by atoms with Crippen molar-refractivity contribution in [2.45, 2.75) is 23.9 Å². The number of nitrogens with zero attached hydrogens (tertiary/aromatic N) is 3. The largest absolute Gasteiger partial charge is 0.493 e. The molecule has 0 saturated carbocycles. The van der Waals surface area contributed by atoms with Gasteiger partial charge in [-0.25, -0.2) is 4.39 Å². The average molecular weight is 431 g/mol. The zero-order valence-electron chi connectivity index (χ0n) is 17.2. The van der Waals surface area contributed by atoms with Crippen molar-refractivity contribution in [2.24, 2.45) is 7.05 Å². The molecule has 1 unspecified atom stereocenters. The number of hydrogen-bond acceptors (Lipinski definition) is 6. The molecule has 1 aromatic heterocycles. The SMILES string of the molecule is COc1ccc(CNC(=O)C(C)Sc2nnc(-c3ccc(F)cc3)n2C)cc1OC. The van der Waals surface area contributed by atoms with Crippen molar-refractivity contribution in [1.82, 2.24) is 20.1 Å². The Kier molecular flexibility index (Phi) is 6.94. The minimum absolute atomic E-state index is 0.124.